The van der Waals surface area contributed by atoms with Gasteiger partial charge in [0.25, 0.3) is 5.91 Å². The van der Waals surface area contributed by atoms with Crippen LogP contribution in [0.5, 0.6) is 0 Å². The van der Waals surface area contributed by atoms with Gasteiger partial charge in [-0.1, -0.05) is 44.2 Å². The molecule has 0 fully saturated rings. The van der Waals surface area contributed by atoms with Gasteiger partial charge in [-0.15, -0.1) is 11.3 Å². The lowest BCUT2D eigenvalue weighted by molar-refractivity contribution is 0.0866. The number of hydrogen-bond acceptors (Lipinski definition) is 3. The third-order valence-electron chi connectivity index (χ3n) is 3.14. The molecule has 0 aliphatic rings. The number of nitrogens with zero attached hydrogens (tertiary/aromatic N) is 1. The summed E-state index contributed by atoms with van der Waals surface area (Å²) < 4.78 is 0. The van der Waals surface area contributed by atoms with E-state index in [1.54, 1.807) is 11.3 Å². The van der Waals surface area contributed by atoms with E-state index in [1.807, 2.05) is 41.8 Å². The second kappa shape index (κ2) is 7.38. The van der Waals surface area contributed by atoms with E-state index >= 15 is 0 Å². The number of hydrogen-bond donors (Lipinski definition) is 2. The summed E-state index contributed by atoms with van der Waals surface area (Å²) >= 11 is 6.60. The minimum absolute atomic E-state index is 0.136. The number of carbonyl (C=O) groups is 1. The number of thiocarbonyl (C=S) groups is 1. The zero-order valence-corrected chi connectivity index (χ0v) is 14.2. The largest absolute Gasteiger partial charge is 0.375 e. The van der Waals surface area contributed by atoms with Crippen molar-refractivity contribution in [3.05, 3.63) is 57.8 Å². The van der Waals surface area contributed by atoms with Crippen molar-refractivity contribution in [1.29, 1.82) is 0 Å². The average molecular weight is 333 g/mol. The molecule has 22 heavy (non-hydrogen) atoms. The number of thiophene rings is 1. The molecule has 0 aliphatic carbocycles. The molecule has 1 aromatic heterocycles. The fraction of sp³-hybridized carbons (Fsp3) is 0.250. The maximum atomic E-state index is 12.3. The van der Waals surface area contributed by atoms with Crippen LogP contribution in [0.3, 0.4) is 0 Å². The number of amides is 1. The Kier molecular flexibility index (Phi) is 5.51. The molecule has 0 bridgehead atoms. The summed E-state index contributed by atoms with van der Waals surface area (Å²) in [5.74, 6) is 0.203. The van der Waals surface area contributed by atoms with Crippen LogP contribution in [0.4, 0.5) is 0 Å². The summed E-state index contributed by atoms with van der Waals surface area (Å²) in [6.07, 6.45) is 0. The number of carbonyl (C=O) groups excluding carboxylic acids is 1. The monoisotopic (exact) mass is 333 g/mol. The Hall–Kier alpha value is -1.92. The van der Waals surface area contributed by atoms with Crippen LogP contribution in [0.25, 0.3) is 0 Å². The summed E-state index contributed by atoms with van der Waals surface area (Å²) in [7, 11) is 0. The van der Waals surface area contributed by atoms with E-state index in [0.717, 1.165) is 5.56 Å². The van der Waals surface area contributed by atoms with E-state index in [2.05, 4.69) is 19.3 Å². The van der Waals surface area contributed by atoms with Gasteiger partial charge in [0.05, 0.1) is 12.1 Å². The molecule has 116 valence electrons. The van der Waals surface area contributed by atoms with Crippen molar-refractivity contribution >= 4 is 34.6 Å². The Morgan fingerprint density at radius 1 is 1.36 bits per heavy atom. The molecule has 1 aromatic carbocycles. The molecule has 4 nitrogen and oxygen atoms in total. The Balaban J connectivity index is 2.07. The van der Waals surface area contributed by atoms with Gasteiger partial charge in [0.1, 0.15) is 0 Å². The Morgan fingerprint density at radius 3 is 2.59 bits per heavy atom. The summed E-state index contributed by atoms with van der Waals surface area (Å²) in [6, 6.07) is 11.6. The van der Waals surface area contributed by atoms with Gasteiger partial charge < -0.3 is 5.73 Å². The van der Waals surface area contributed by atoms with Crippen molar-refractivity contribution in [2.75, 3.05) is 0 Å². The predicted molar refractivity (Wildman–Crippen MR) is 94.6 cm³/mol. The molecular weight excluding hydrogens is 314 g/mol. The first-order valence-electron chi connectivity index (χ1n) is 6.97. The smallest absolute Gasteiger partial charge is 0.270 e. The molecule has 1 amide bonds. The topological polar surface area (TPSA) is 58.4 Å². The highest BCUT2D eigenvalue weighted by Gasteiger charge is 2.15. The first kappa shape index (κ1) is 16.5. The quantitative estimate of drug-likeness (QED) is 0.666. The predicted octanol–water partition coefficient (Wildman–Crippen LogP) is 3.26. The highest BCUT2D eigenvalue weighted by Crippen LogP contribution is 2.23. The first-order valence-corrected chi connectivity index (χ1v) is 8.26. The Morgan fingerprint density at radius 2 is 2.05 bits per heavy atom. The fourth-order valence-corrected chi connectivity index (χ4v) is 2.92. The summed E-state index contributed by atoms with van der Waals surface area (Å²) in [5, 5.41) is 3.47. The van der Waals surface area contributed by atoms with Crippen LogP contribution in [0.1, 0.15) is 40.6 Å². The zero-order valence-electron chi connectivity index (χ0n) is 12.6. The van der Waals surface area contributed by atoms with Gasteiger partial charge in [-0.3, -0.25) is 15.2 Å². The van der Waals surface area contributed by atoms with E-state index in [9.17, 15) is 4.79 Å². The van der Waals surface area contributed by atoms with Gasteiger partial charge in [0.2, 0.25) is 0 Å². The van der Waals surface area contributed by atoms with Gasteiger partial charge in [0, 0.05) is 10.3 Å². The number of benzene rings is 1. The SMILES string of the molecule is CC(C)c1cc(C(=O)NN(Cc2ccccc2)C(N)=S)cs1. The molecule has 6 heteroatoms. The second-order valence-corrected chi connectivity index (χ2v) is 6.60. The van der Waals surface area contributed by atoms with Crippen LogP contribution in [0.2, 0.25) is 0 Å². The highest BCUT2D eigenvalue weighted by atomic mass is 32.1. The maximum Gasteiger partial charge on any atom is 0.270 e. The fourth-order valence-electron chi connectivity index (χ4n) is 1.90. The van der Waals surface area contributed by atoms with E-state index in [1.165, 1.54) is 9.89 Å². The molecular formula is C16H19N3OS2. The van der Waals surface area contributed by atoms with Crippen LogP contribution < -0.4 is 11.2 Å². The van der Waals surface area contributed by atoms with E-state index in [-0.39, 0.29) is 11.0 Å². The molecule has 0 saturated heterocycles. The highest BCUT2D eigenvalue weighted by molar-refractivity contribution is 7.80. The molecule has 0 atom stereocenters. The molecule has 0 aliphatic heterocycles. The first-order chi connectivity index (χ1) is 10.5. The van der Waals surface area contributed by atoms with Crippen LogP contribution in [0.15, 0.2) is 41.8 Å². The van der Waals surface area contributed by atoms with Gasteiger partial charge in [-0.25, -0.2) is 0 Å². The van der Waals surface area contributed by atoms with E-state index < -0.39 is 0 Å². The molecule has 1 heterocycles. The van der Waals surface area contributed by atoms with Crippen LogP contribution in [-0.4, -0.2) is 16.0 Å². The number of rotatable bonds is 4. The molecule has 2 rings (SSSR count). The van der Waals surface area contributed by atoms with Gasteiger partial charge in [-0.2, -0.15) is 0 Å². The van der Waals surface area contributed by atoms with Gasteiger partial charge in [-0.05, 0) is 29.8 Å². The zero-order chi connectivity index (χ0) is 16.1. The molecule has 0 unspecified atom stereocenters. The lowest BCUT2D eigenvalue weighted by atomic mass is 10.1. The minimum Gasteiger partial charge on any atom is -0.375 e. The van der Waals surface area contributed by atoms with Gasteiger partial charge >= 0.3 is 0 Å². The van der Waals surface area contributed by atoms with Crippen molar-refractivity contribution in [3.63, 3.8) is 0 Å². The van der Waals surface area contributed by atoms with Crippen molar-refractivity contribution in [2.45, 2.75) is 26.3 Å². The van der Waals surface area contributed by atoms with Crippen LogP contribution in [-0.2, 0) is 6.54 Å². The summed E-state index contributed by atoms with van der Waals surface area (Å²) in [6.45, 7) is 4.64. The molecule has 2 aromatic rings. The maximum absolute atomic E-state index is 12.3. The van der Waals surface area contributed by atoms with Crippen molar-refractivity contribution in [2.24, 2.45) is 5.73 Å². The van der Waals surface area contributed by atoms with Crippen molar-refractivity contribution in [1.82, 2.24) is 10.4 Å². The molecule has 0 radical (unpaired) electrons. The van der Waals surface area contributed by atoms with Crippen LogP contribution >= 0.6 is 23.6 Å². The lowest BCUT2D eigenvalue weighted by Crippen LogP contribution is -2.48. The summed E-state index contributed by atoms with van der Waals surface area (Å²) in [5.41, 5.74) is 10.1. The van der Waals surface area contributed by atoms with Crippen molar-refractivity contribution in [3.8, 4) is 0 Å². The Labute approximate surface area is 139 Å². The third kappa shape index (κ3) is 4.29. The number of hydrazine groups is 1. The summed E-state index contributed by atoms with van der Waals surface area (Å²) in [4.78, 5) is 13.5. The normalized spacial score (nSPS) is 10.5. The van der Waals surface area contributed by atoms with Crippen LogP contribution in [0, 0.1) is 0 Å². The lowest BCUT2D eigenvalue weighted by Gasteiger charge is -2.23. The number of nitrogens with two attached hydrogens (primary N) is 1. The third-order valence-corrected chi connectivity index (χ3v) is 4.59. The average Bonchev–Trinajstić information content (AvgIpc) is 2.97. The standard InChI is InChI=1S/C16H19N3OS2/c1-11(2)14-8-13(10-22-14)15(20)18-19(16(17)21)9-12-6-4-3-5-7-12/h3-8,10-11H,9H2,1-2H3,(H2,17,21)(H,18,20). The molecule has 0 saturated carbocycles. The second-order valence-electron chi connectivity index (χ2n) is 5.24. The van der Waals surface area contributed by atoms with Crippen molar-refractivity contribution < 1.29 is 4.79 Å². The minimum atomic E-state index is -0.202. The van der Waals surface area contributed by atoms with E-state index in [0.29, 0.717) is 18.0 Å². The number of nitrogens with one attached hydrogen (secondary N) is 1. The molecule has 3 N–H and O–H groups in total. The molecule has 0 spiro atoms. The Bertz CT molecular complexity index is 652. The van der Waals surface area contributed by atoms with E-state index in [4.69, 9.17) is 18.0 Å². The van der Waals surface area contributed by atoms with Gasteiger partial charge in [0.15, 0.2) is 5.11 Å².